The number of nitrogens with two attached hydrogens (primary N) is 1. The Morgan fingerprint density at radius 3 is 2.59 bits per heavy atom. The average Bonchev–Trinajstić information content (AvgIpc) is 3.53. The van der Waals surface area contributed by atoms with Gasteiger partial charge in [-0.2, -0.15) is 0 Å². The number of pyridine rings is 1. The molecule has 1 aromatic heterocycles. The van der Waals surface area contributed by atoms with Crippen LogP contribution in [0.4, 0.5) is 0 Å². The van der Waals surface area contributed by atoms with Gasteiger partial charge in [-0.05, 0) is 56.0 Å². The molecule has 5 N–H and O–H groups in total. The lowest BCUT2D eigenvalue weighted by molar-refractivity contribution is -0.122. The molecule has 1 aliphatic carbocycles. The van der Waals surface area contributed by atoms with E-state index in [0.29, 0.717) is 22.5 Å². The van der Waals surface area contributed by atoms with Crippen molar-refractivity contribution in [3.8, 4) is 5.75 Å². The van der Waals surface area contributed by atoms with Gasteiger partial charge in [-0.15, -0.1) is 0 Å². The summed E-state index contributed by atoms with van der Waals surface area (Å²) in [4.78, 5) is 20.5. The van der Waals surface area contributed by atoms with E-state index in [4.69, 9.17) is 22.1 Å². The van der Waals surface area contributed by atoms with Gasteiger partial charge in [0.15, 0.2) is 6.17 Å². The molecule has 9 heteroatoms. The van der Waals surface area contributed by atoms with Crippen molar-refractivity contribution in [1.82, 2.24) is 15.6 Å². The van der Waals surface area contributed by atoms with E-state index >= 15 is 0 Å². The Labute approximate surface area is 202 Å². The second kappa shape index (κ2) is 8.14. The second-order valence-corrected chi connectivity index (χ2v) is 9.82. The molecule has 0 bridgehead atoms. The monoisotopic (exact) mass is 479 g/mol. The molecular formula is C25H26ClN5O3. The van der Waals surface area contributed by atoms with Gasteiger partial charge < -0.3 is 26.2 Å². The van der Waals surface area contributed by atoms with E-state index in [2.05, 4.69) is 32.7 Å². The predicted octanol–water partition coefficient (Wildman–Crippen LogP) is 2.63. The first-order valence-corrected chi connectivity index (χ1v) is 11.5. The van der Waals surface area contributed by atoms with Crippen LogP contribution in [-0.2, 0) is 15.6 Å². The van der Waals surface area contributed by atoms with E-state index in [1.807, 2.05) is 18.2 Å². The van der Waals surface area contributed by atoms with Crippen LogP contribution < -0.4 is 21.1 Å². The molecule has 0 spiro atoms. The third kappa shape index (κ3) is 3.93. The zero-order valence-electron chi connectivity index (χ0n) is 18.9. The van der Waals surface area contributed by atoms with Crippen LogP contribution in [0, 0.1) is 0 Å². The number of ether oxygens (including phenoxy) is 1. The van der Waals surface area contributed by atoms with Crippen LogP contribution in [0.25, 0.3) is 5.70 Å². The summed E-state index contributed by atoms with van der Waals surface area (Å²) in [5.74, 6) is 0.0233. The number of fused-ring (bicyclic) bond motifs is 1. The maximum atomic E-state index is 11.6. The molecule has 34 heavy (non-hydrogen) atoms. The lowest BCUT2D eigenvalue weighted by Crippen LogP contribution is -2.36. The minimum atomic E-state index is -0.875. The normalized spacial score (nSPS) is 20.5. The number of nitrogens with one attached hydrogen (secondary N) is 2. The summed E-state index contributed by atoms with van der Waals surface area (Å²) < 4.78 is 5.84. The molecule has 3 aliphatic rings. The summed E-state index contributed by atoms with van der Waals surface area (Å²) in [6.07, 6.45) is 5.04. The van der Waals surface area contributed by atoms with E-state index < -0.39 is 11.3 Å². The first-order valence-electron chi connectivity index (χ1n) is 11.1. The maximum Gasteiger partial charge on any atom is 0.297 e. The number of dihydropyridines is 1. The Hall–Kier alpha value is -3.36. The van der Waals surface area contributed by atoms with Crippen LogP contribution >= 0.6 is 11.6 Å². The summed E-state index contributed by atoms with van der Waals surface area (Å²) >= 11 is 6.57. The summed E-state index contributed by atoms with van der Waals surface area (Å²) in [6, 6.07) is 11.9. The molecule has 2 aliphatic heterocycles. The van der Waals surface area contributed by atoms with Crippen LogP contribution in [0.2, 0.25) is 0 Å². The van der Waals surface area contributed by atoms with Gasteiger partial charge in [0.2, 0.25) is 5.91 Å². The molecule has 1 aromatic carbocycles. The fourth-order valence-electron chi connectivity index (χ4n) is 4.05. The summed E-state index contributed by atoms with van der Waals surface area (Å²) in [5, 5.41) is 16.7. The molecule has 2 aromatic rings. The number of carbonyl (C=O) groups excluding carboxylic acids is 1. The number of aliphatic hydroxyl groups excluding tert-OH is 1. The number of hydrogen-bond acceptors (Lipinski definition) is 7. The number of benzene rings is 1. The Bertz CT molecular complexity index is 1230. The van der Waals surface area contributed by atoms with Crippen molar-refractivity contribution in [3.63, 3.8) is 0 Å². The number of aromatic nitrogens is 1. The van der Waals surface area contributed by atoms with Gasteiger partial charge in [-0.1, -0.05) is 35.9 Å². The molecule has 1 atom stereocenters. The van der Waals surface area contributed by atoms with Crippen molar-refractivity contribution in [2.75, 3.05) is 6.61 Å². The number of hydrogen-bond donors (Lipinski definition) is 4. The van der Waals surface area contributed by atoms with E-state index in [-0.39, 0.29) is 18.2 Å². The van der Waals surface area contributed by atoms with E-state index in [9.17, 15) is 9.90 Å². The van der Waals surface area contributed by atoms with Gasteiger partial charge in [0.1, 0.15) is 5.75 Å². The number of carbonyl (C=O) groups is 1. The molecule has 8 nitrogen and oxygen atoms in total. The van der Waals surface area contributed by atoms with Gasteiger partial charge in [-0.3, -0.25) is 9.78 Å². The highest BCUT2D eigenvalue weighted by Crippen LogP contribution is 2.47. The fraction of sp³-hybridized carbons (Fsp3) is 0.320. The second-order valence-electron chi connectivity index (χ2n) is 9.41. The van der Waals surface area contributed by atoms with Gasteiger partial charge >= 0.3 is 0 Å². The number of rotatable bonds is 6. The number of amides is 1. The van der Waals surface area contributed by atoms with Gasteiger partial charge in [0.25, 0.3) is 6.02 Å². The number of amidine groups is 1. The SMILES string of the molecule is CC(C)(C(N)=O)c1ccc(OC2=NC3NC(c4ccc(C5(CO)CC5)cc4)=C(Cl)C=C3N2)cn1. The molecule has 1 saturated carbocycles. The van der Waals surface area contributed by atoms with E-state index in [1.54, 1.807) is 26.0 Å². The molecule has 5 rings (SSSR count). The van der Waals surface area contributed by atoms with Crippen molar-refractivity contribution >= 4 is 29.2 Å². The van der Waals surface area contributed by atoms with Gasteiger partial charge in [0, 0.05) is 5.41 Å². The number of aliphatic imine (C=N–C) groups is 1. The summed E-state index contributed by atoms with van der Waals surface area (Å²) in [5.41, 5.74) is 8.73. The number of halogens is 1. The van der Waals surface area contributed by atoms with Crippen LogP contribution in [0.3, 0.4) is 0 Å². The highest BCUT2D eigenvalue weighted by Gasteiger charge is 2.43. The highest BCUT2D eigenvalue weighted by atomic mass is 35.5. The fourth-order valence-corrected chi connectivity index (χ4v) is 4.33. The Morgan fingerprint density at radius 2 is 2.00 bits per heavy atom. The van der Waals surface area contributed by atoms with Crippen LogP contribution in [0.15, 0.2) is 64.4 Å². The number of aliphatic hydroxyl groups is 1. The molecule has 3 heterocycles. The molecule has 0 saturated heterocycles. The van der Waals surface area contributed by atoms with Crippen molar-refractivity contribution in [3.05, 3.63) is 76.2 Å². The summed E-state index contributed by atoms with van der Waals surface area (Å²) in [7, 11) is 0. The molecule has 1 unspecified atom stereocenters. The first kappa shape index (κ1) is 22.4. The van der Waals surface area contributed by atoms with Gasteiger partial charge in [0.05, 0.1) is 40.3 Å². The lowest BCUT2D eigenvalue weighted by Gasteiger charge is -2.22. The van der Waals surface area contributed by atoms with Crippen LogP contribution in [0.1, 0.15) is 43.5 Å². The van der Waals surface area contributed by atoms with E-state index in [0.717, 1.165) is 35.4 Å². The third-order valence-electron chi connectivity index (χ3n) is 6.74. The minimum Gasteiger partial charge on any atom is -0.424 e. The Kier molecular flexibility index (Phi) is 5.37. The number of nitrogens with zero attached hydrogens (tertiary/aromatic N) is 2. The molecular weight excluding hydrogens is 454 g/mol. The number of allylic oxidation sites excluding steroid dienone is 2. The molecule has 0 radical (unpaired) electrons. The van der Waals surface area contributed by atoms with Crippen molar-refractivity contribution < 1.29 is 14.6 Å². The van der Waals surface area contributed by atoms with Crippen LogP contribution in [-0.4, -0.2) is 34.8 Å². The molecule has 1 fully saturated rings. The maximum absolute atomic E-state index is 11.6. The summed E-state index contributed by atoms with van der Waals surface area (Å²) in [6.45, 7) is 3.62. The number of primary amides is 1. The zero-order valence-corrected chi connectivity index (χ0v) is 19.7. The van der Waals surface area contributed by atoms with Crippen molar-refractivity contribution in [2.24, 2.45) is 10.7 Å². The third-order valence-corrected chi connectivity index (χ3v) is 7.04. The standard InChI is InChI=1S/C25H26ClN5O3/c1-24(2,22(27)33)19-8-7-16(12-28-19)34-23-29-18-11-17(26)20(30-21(18)31-23)14-3-5-15(6-4-14)25(13-32)9-10-25/h3-8,11-12,21,30,32H,9-10,13H2,1-2H3,(H2,27,33)(H,29,31). The Morgan fingerprint density at radius 1 is 1.26 bits per heavy atom. The predicted molar refractivity (Wildman–Crippen MR) is 130 cm³/mol. The topological polar surface area (TPSA) is 122 Å². The van der Waals surface area contributed by atoms with Crippen molar-refractivity contribution in [2.45, 2.75) is 43.7 Å². The Balaban J connectivity index is 1.28. The van der Waals surface area contributed by atoms with Gasteiger partial charge in [-0.25, -0.2) is 4.99 Å². The molecule has 1 amide bonds. The first-order chi connectivity index (χ1) is 16.2. The van der Waals surface area contributed by atoms with E-state index in [1.165, 1.54) is 6.20 Å². The molecule has 176 valence electrons. The van der Waals surface area contributed by atoms with Crippen LogP contribution in [0.5, 0.6) is 5.75 Å². The minimum absolute atomic E-state index is 0.0711. The average molecular weight is 480 g/mol. The zero-order chi connectivity index (χ0) is 24.1. The van der Waals surface area contributed by atoms with Crippen molar-refractivity contribution in [1.29, 1.82) is 0 Å². The largest absolute Gasteiger partial charge is 0.424 e. The quantitative estimate of drug-likeness (QED) is 0.505. The smallest absolute Gasteiger partial charge is 0.297 e. The highest BCUT2D eigenvalue weighted by molar-refractivity contribution is 6.34. The lowest BCUT2D eigenvalue weighted by atomic mass is 9.88.